The lowest BCUT2D eigenvalue weighted by Gasteiger charge is -2.41. The first-order chi connectivity index (χ1) is 7.17. The summed E-state index contributed by atoms with van der Waals surface area (Å²) in [5.74, 6) is -2.42. The van der Waals surface area contributed by atoms with Crippen molar-refractivity contribution in [3.05, 3.63) is 0 Å². The highest BCUT2D eigenvalue weighted by Crippen LogP contribution is 2.44. The molecule has 16 heavy (non-hydrogen) atoms. The van der Waals surface area contributed by atoms with Crippen molar-refractivity contribution < 1.29 is 19.8 Å². The molecule has 0 aromatic rings. The number of hydrogen-bond acceptors (Lipinski definition) is 2. The topological polar surface area (TPSA) is 74.6 Å². The molecule has 1 atom stereocenters. The number of carboxylic acid groups (broad SMARTS) is 2. The van der Waals surface area contributed by atoms with Crippen LogP contribution in [0.3, 0.4) is 0 Å². The van der Waals surface area contributed by atoms with Gasteiger partial charge in [0.15, 0.2) is 0 Å². The Hall–Kier alpha value is -1.06. The molecule has 0 heterocycles. The van der Waals surface area contributed by atoms with Crippen molar-refractivity contribution in [1.82, 2.24) is 0 Å². The lowest BCUT2D eigenvalue weighted by Crippen LogP contribution is -2.47. The lowest BCUT2D eigenvalue weighted by molar-refractivity contribution is -0.162. The summed E-state index contributed by atoms with van der Waals surface area (Å²) in [4.78, 5) is 22.3. The summed E-state index contributed by atoms with van der Waals surface area (Å²) in [6.07, 6.45) is -0.108. The van der Waals surface area contributed by atoms with Crippen LogP contribution < -0.4 is 0 Å². The second-order valence-corrected chi connectivity index (χ2v) is 5.05. The highest BCUT2D eigenvalue weighted by Gasteiger charge is 2.49. The Kier molecular flexibility index (Phi) is 4.97. The largest absolute Gasteiger partial charge is 0.481 e. The molecule has 4 nitrogen and oxygen atoms in total. The first-order valence-corrected chi connectivity index (χ1v) is 5.62. The predicted octanol–water partition coefficient (Wildman–Crippen LogP) is 2.48. The molecule has 4 heteroatoms. The Labute approximate surface area is 96.7 Å². The summed E-state index contributed by atoms with van der Waals surface area (Å²) >= 11 is 0. The highest BCUT2D eigenvalue weighted by molar-refractivity contribution is 5.77. The van der Waals surface area contributed by atoms with Gasteiger partial charge in [-0.3, -0.25) is 9.59 Å². The second-order valence-electron chi connectivity index (χ2n) is 5.05. The maximum atomic E-state index is 11.5. The fourth-order valence-electron chi connectivity index (χ4n) is 2.94. The standard InChI is InChI=1S/C12H22O4/c1-7(2)12(8(3)4,11(15)16)9(5)6-10(13)14/h7-9H,6H2,1-5H3,(H,13,14)(H,15,16). The van der Waals surface area contributed by atoms with Crippen molar-refractivity contribution >= 4 is 11.9 Å². The fraction of sp³-hybridized carbons (Fsp3) is 0.833. The first kappa shape index (κ1) is 14.9. The molecule has 0 radical (unpaired) electrons. The van der Waals surface area contributed by atoms with Crippen LogP contribution in [0.25, 0.3) is 0 Å². The molecule has 0 aromatic carbocycles. The third-order valence-electron chi connectivity index (χ3n) is 3.58. The monoisotopic (exact) mass is 230 g/mol. The van der Waals surface area contributed by atoms with Crippen LogP contribution in [0.4, 0.5) is 0 Å². The lowest BCUT2D eigenvalue weighted by atomic mass is 9.61. The van der Waals surface area contributed by atoms with E-state index >= 15 is 0 Å². The molecule has 0 bridgehead atoms. The molecule has 0 amide bonds. The first-order valence-electron chi connectivity index (χ1n) is 5.62. The normalized spacial score (nSPS) is 14.2. The predicted molar refractivity (Wildman–Crippen MR) is 61.2 cm³/mol. The molecule has 0 aromatic heterocycles. The summed E-state index contributed by atoms with van der Waals surface area (Å²) in [5.41, 5.74) is -0.974. The highest BCUT2D eigenvalue weighted by atomic mass is 16.4. The zero-order valence-electron chi connectivity index (χ0n) is 10.7. The van der Waals surface area contributed by atoms with Crippen LogP contribution in [0.5, 0.6) is 0 Å². The van der Waals surface area contributed by atoms with Gasteiger partial charge in [-0.05, 0) is 17.8 Å². The van der Waals surface area contributed by atoms with Crippen molar-refractivity contribution in [2.75, 3.05) is 0 Å². The summed E-state index contributed by atoms with van der Waals surface area (Å²) in [5, 5.41) is 18.3. The molecular formula is C12H22O4. The molecule has 0 spiro atoms. The van der Waals surface area contributed by atoms with E-state index in [0.717, 1.165) is 0 Å². The van der Waals surface area contributed by atoms with Gasteiger partial charge in [-0.15, -0.1) is 0 Å². The molecule has 94 valence electrons. The number of rotatable bonds is 6. The molecule has 0 aliphatic carbocycles. The van der Waals surface area contributed by atoms with Gasteiger partial charge in [0.2, 0.25) is 0 Å². The SMILES string of the molecule is CC(C)C(C(=O)O)(C(C)C)C(C)CC(=O)O. The average Bonchev–Trinajstić information content (AvgIpc) is 1.99. The molecule has 0 fully saturated rings. The van der Waals surface area contributed by atoms with Crippen molar-refractivity contribution in [3.63, 3.8) is 0 Å². The van der Waals surface area contributed by atoms with Gasteiger partial charge in [-0.2, -0.15) is 0 Å². The molecule has 1 unspecified atom stereocenters. The molecule has 2 N–H and O–H groups in total. The molecular weight excluding hydrogens is 208 g/mol. The van der Waals surface area contributed by atoms with Crippen molar-refractivity contribution in [2.45, 2.75) is 41.0 Å². The fourth-order valence-corrected chi connectivity index (χ4v) is 2.94. The zero-order chi connectivity index (χ0) is 13.1. The van der Waals surface area contributed by atoms with Crippen LogP contribution >= 0.6 is 0 Å². The zero-order valence-corrected chi connectivity index (χ0v) is 10.7. The Morgan fingerprint density at radius 2 is 1.38 bits per heavy atom. The van der Waals surface area contributed by atoms with Gasteiger partial charge < -0.3 is 10.2 Å². The summed E-state index contributed by atoms with van der Waals surface area (Å²) < 4.78 is 0. The van der Waals surface area contributed by atoms with E-state index in [4.69, 9.17) is 5.11 Å². The van der Waals surface area contributed by atoms with E-state index in [1.54, 1.807) is 6.92 Å². The maximum Gasteiger partial charge on any atom is 0.310 e. The van der Waals surface area contributed by atoms with Crippen LogP contribution in [-0.4, -0.2) is 22.2 Å². The number of carbonyl (C=O) groups is 2. The molecule has 0 aliphatic rings. The van der Waals surface area contributed by atoms with Gasteiger partial charge in [-0.1, -0.05) is 34.6 Å². The van der Waals surface area contributed by atoms with Crippen LogP contribution in [0.2, 0.25) is 0 Å². The minimum atomic E-state index is -0.974. The number of aliphatic carboxylic acids is 2. The summed E-state index contributed by atoms with van der Waals surface area (Å²) in [6, 6.07) is 0. The Balaban J connectivity index is 5.34. The average molecular weight is 230 g/mol. The maximum absolute atomic E-state index is 11.5. The van der Waals surface area contributed by atoms with Crippen LogP contribution in [0.1, 0.15) is 41.0 Å². The van der Waals surface area contributed by atoms with Gasteiger partial charge in [0.05, 0.1) is 5.41 Å². The van der Waals surface area contributed by atoms with E-state index in [-0.39, 0.29) is 24.2 Å². The van der Waals surface area contributed by atoms with Crippen molar-refractivity contribution in [3.8, 4) is 0 Å². The minimum Gasteiger partial charge on any atom is -0.481 e. The molecule has 0 saturated heterocycles. The van der Waals surface area contributed by atoms with Crippen LogP contribution in [0, 0.1) is 23.2 Å². The minimum absolute atomic E-state index is 0.0978. The summed E-state index contributed by atoms with van der Waals surface area (Å²) in [7, 11) is 0. The third-order valence-corrected chi connectivity index (χ3v) is 3.58. The Morgan fingerprint density at radius 1 is 1.00 bits per heavy atom. The molecule has 0 rings (SSSR count). The quantitative estimate of drug-likeness (QED) is 0.735. The van der Waals surface area contributed by atoms with Crippen LogP contribution in [-0.2, 0) is 9.59 Å². The smallest absolute Gasteiger partial charge is 0.310 e. The Morgan fingerprint density at radius 3 is 1.56 bits per heavy atom. The van der Waals surface area contributed by atoms with Crippen molar-refractivity contribution in [1.29, 1.82) is 0 Å². The van der Waals surface area contributed by atoms with Gasteiger partial charge in [0.1, 0.15) is 0 Å². The van der Waals surface area contributed by atoms with Gasteiger partial charge in [0.25, 0.3) is 0 Å². The molecule has 0 saturated carbocycles. The number of carboxylic acids is 2. The Bertz CT molecular complexity index is 260. The van der Waals surface area contributed by atoms with Crippen molar-refractivity contribution in [2.24, 2.45) is 23.2 Å². The summed E-state index contributed by atoms with van der Waals surface area (Å²) in [6.45, 7) is 9.07. The second kappa shape index (κ2) is 5.32. The van der Waals surface area contributed by atoms with E-state index in [9.17, 15) is 14.7 Å². The van der Waals surface area contributed by atoms with Gasteiger partial charge in [-0.25, -0.2) is 0 Å². The van der Waals surface area contributed by atoms with E-state index < -0.39 is 17.4 Å². The van der Waals surface area contributed by atoms with E-state index in [1.165, 1.54) is 0 Å². The number of hydrogen-bond donors (Lipinski definition) is 2. The third kappa shape index (κ3) is 2.54. The van der Waals surface area contributed by atoms with Gasteiger partial charge in [0, 0.05) is 6.42 Å². The van der Waals surface area contributed by atoms with E-state index in [2.05, 4.69) is 0 Å². The molecule has 0 aliphatic heterocycles. The van der Waals surface area contributed by atoms with Gasteiger partial charge >= 0.3 is 11.9 Å². The van der Waals surface area contributed by atoms with Crippen LogP contribution in [0.15, 0.2) is 0 Å². The van der Waals surface area contributed by atoms with E-state index in [0.29, 0.717) is 0 Å². The van der Waals surface area contributed by atoms with E-state index in [1.807, 2.05) is 27.7 Å².